The van der Waals surface area contributed by atoms with Gasteiger partial charge in [0.25, 0.3) is 0 Å². The fourth-order valence-electron chi connectivity index (χ4n) is 0.609. The van der Waals surface area contributed by atoms with E-state index in [1.54, 1.807) is 0 Å². The van der Waals surface area contributed by atoms with Crippen molar-refractivity contribution in [2.75, 3.05) is 6.54 Å². The summed E-state index contributed by atoms with van der Waals surface area (Å²) < 4.78 is 0. The van der Waals surface area contributed by atoms with Crippen molar-refractivity contribution in [1.29, 1.82) is 0 Å². The molecule has 1 fully saturated rings. The third-order valence-corrected chi connectivity index (χ3v) is 1.32. The third kappa shape index (κ3) is 2.10. The quantitative estimate of drug-likeness (QED) is 0.494. The van der Waals surface area contributed by atoms with Crippen LogP contribution in [0.25, 0.3) is 0 Å². The van der Waals surface area contributed by atoms with Crippen molar-refractivity contribution in [3.8, 4) is 0 Å². The monoisotopic (exact) mass is 111 g/mol. The lowest BCUT2D eigenvalue weighted by atomic mass is 10.3. The minimum Gasteiger partial charge on any atom is -0.294 e. The van der Waals surface area contributed by atoms with E-state index in [-0.39, 0.29) is 0 Å². The molecule has 0 unspecified atom stereocenters. The molecule has 0 radical (unpaired) electrons. The molecule has 0 aromatic carbocycles. The van der Waals surface area contributed by atoms with E-state index >= 15 is 0 Å². The molecule has 0 N–H and O–H groups in total. The zero-order valence-electron chi connectivity index (χ0n) is 5.48. The van der Waals surface area contributed by atoms with Crippen LogP contribution in [0.4, 0.5) is 0 Å². The molecule has 0 aromatic heterocycles. The second-order valence-corrected chi connectivity index (χ2v) is 2.30. The van der Waals surface area contributed by atoms with Crippen LogP contribution in [-0.2, 0) is 0 Å². The van der Waals surface area contributed by atoms with Gasteiger partial charge < -0.3 is 0 Å². The summed E-state index contributed by atoms with van der Waals surface area (Å²) in [6.45, 7) is 3.28. The van der Waals surface area contributed by atoms with Gasteiger partial charge in [-0.3, -0.25) is 4.99 Å². The van der Waals surface area contributed by atoms with Gasteiger partial charge in [0.05, 0.1) is 0 Å². The fourth-order valence-corrected chi connectivity index (χ4v) is 0.609. The van der Waals surface area contributed by atoms with Crippen LogP contribution in [0.2, 0.25) is 0 Å². The van der Waals surface area contributed by atoms with E-state index in [0.29, 0.717) is 0 Å². The molecule has 0 saturated heterocycles. The molecule has 1 aliphatic rings. The van der Waals surface area contributed by atoms with Crippen molar-refractivity contribution in [2.45, 2.75) is 32.6 Å². The van der Waals surface area contributed by atoms with E-state index in [9.17, 15) is 0 Å². The molecule has 1 heteroatoms. The predicted molar refractivity (Wildman–Crippen MR) is 36.4 cm³/mol. The SMILES string of the molecule is CCCCN=C1CC1. The minimum absolute atomic E-state index is 1.08. The average molecular weight is 111 g/mol. The van der Waals surface area contributed by atoms with Crippen LogP contribution in [-0.4, -0.2) is 12.3 Å². The Balaban J connectivity index is 1.95. The summed E-state index contributed by atoms with van der Waals surface area (Å²) in [5.74, 6) is 0. The van der Waals surface area contributed by atoms with Crippen LogP contribution < -0.4 is 0 Å². The molecule has 0 bridgehead atoms. The van der Waals surface area contributed by atoms with Gasteiger partial charge in [-0.05, 0) is 19.3 Å². The van der Waals surface area contributed by atoms with E-state index in [1.807, 2.05) is 0 Å². The highest BCUT2D eigenvalue weighted by Crippen LogP contribution is 2.13. The maximum absolute atomic E-state index is 4.34. The molecule has 46 valence electrons. The summed E-state index contributed by atoms with van der Waals surface area (Å²) in [6, 6.07) is 0. The topological polar surface area (TPSA) is 12.4 Å². The molecule has 1 saturated carbocycles. The van der Waals surface area contributed by atoms with E-state index < -0.39 is 0 Å². The van der Waals surface area contributed by atoms with Crippen LogP contribution >= 0.6 is 0 Å². The average Bonchev–Trinajstić information content (AvgIpc) is 2.51. The molecule has 1 rings (SSSR count). The van der Waals surface area contributed by atoms with Gasteiger partial charge in [-0.25, -0.2) is 0 Å². The highest BCUT2D eigenvalue weighted by molar-refractivity contribution is 5.97. The summed E-state index contributed by atoms with van der Waals surface area (Å²) in [5.41, 5.74) is 1.44. The van der Waals surface area contributed by atoms with Gasteiger partial charge in [0.2, 0.25) is 0 Å². The van der Waals surface area contributed by atoms with Crippen molar-refractivity contribution in [2.24, 2.45) is 4.99 Å². The van der Waals surface area contributed by atoms with E-state index in [1.165, 1.54) is 31.4 Å². The largest absolute Gasteiger partial charge is 0.294 e. The lowest BCUT2D eigenvalue weighted by Crippen LogP contribution is -1.78. The zero-order valence-corrected chi connectivity index (χ0v) is 5.48. The number of hydrogen-bond donors (Lipinski definition) is 0. The number of unbranched alkanes of at least 4 members (excludes halogenated alkanes) is 1. The minimum atomic E-state index is 1.08. The highest BCUT2D eigenvalue weighted by atomic mass is 14.8. The van der Waals surface area contributed by atoms with Crippen molar-refractivity contribution < 1.29 is 0 Å². The number of aliphatic imine (C=N–C) groups is 1. The van der Waals surface area contributed by atoms with Crippen molar-refractivity contribution in [3.63, 3.8) is 0 Å². The van der Waals surface area contributed by atoms with Crippen LogP contribution in [0.5, 0.6) is 0 Å². The molecule has 0 aromatic rings. The van der Waals surface area contributed by atoms with Gasteiger partial charge in [-0.15, -0.1) is 0 Å². The number of rotatable bonds is 3. The maximum Gasteiger partial charge on any atom is 0.0388 e. The smallest absolute Gasteiger partial charge is 0.0388 e. The first-order valence-corrected chi connectivity index (χ1v) is 3.45. The number of hydrogen-bond acceptors (Lipinski definition) is 1. The molecule has 0 amide bonds. The molecule has 1 nitrogen and oxygen atoms in total. The van der Waals surface area contributed by atoms with Crippen molar-refractivity contribution in [1.82, 2.24) is 0 Å². The fraction of sp³-hybridized carbons (Fsp3) is 0.857. The Morgan fingerprint density at radius 3 is 2.75 bits per heavy atom. The molecular weight excluding hydrogens is 98.1 g/mol. The van der Waals surface area contributed by atoms with Gasteiger partial charge >= 0.3 is 0 Å². The van der Waals surface area contributed by atoms with E-state index in [4.69, 9.17) is 0 Å². The molecule has 0 atom stereocenters. The van der Waals surface area contributed by atoms with Crippen molar-refractivity contribution in [3.05, 3.63) is 0 Å². The van der Waals surface area contributed by atoms with Crippen molar-refractivity contribution >= 4 is 5.71 Å². The van der Waals surface area contributed by atoms with Gasteiger partial charge in [0, 0.05) is 12.3 Å². The van der Waals surface area contributed by atoms with E-state index in [2.05, 4.69) is 11.9 Å². The van der Waals surface area contributed by atoms with Crippen LogP contribution in [0.1, 0.15) is 32.6 Å². The van der Waals surface area contributed by atoms with Crippen LogP contribution in [0.15, 0.2) is 4.99 Å². The Labute approximate surface area is 50.8 Å². The van der Waals surface area contributed by atoms with Gasteiger partial charge in [0.15, 0.2) is 0 Å². The number of nitrogens with zero attached hydrogens (tertiary/aromatic N) is 1. The second-order valence-electron chi connectivity index (χ2n) is 2.30. The van der Waals surface area contributed by atoms with E-state index in [0.717, 1.165) is 6.54 Å². The Hall–Kier alpha value is -0.330. The Morgan fingerprint density at radius 1 is 1.50 bits per heavy atom. The third-order valence-electron chi connectivity index (χ3n) is 1.32. The van der Waals surface area contributed by atoms with Gasteiger partial charge in [-0.1, -0.05) is 13.3 Å². The lowest BCUT2D eigenvalue weighted by molar-refractivity contribution is 0.809. The lowest BCUT2D eigenvalue weighted by Gasteiger charge is -1.85. The first-order chi connectivity index (χ1) is 3.93. The maximum atomic E-state index is 4.34. The Morgan fingerprint density at radius 2 is 2.25 bits per heavy atom. The van der Waals surface area contributed by atoms with Crippen LogP contribution in [0.3, 0.4) is 0 Å². The standard InChI is InChI=1S/C7H13N/c1-2-3-6-8-7-4-5-7/h2-6H2,1H3. The van der Waals surface area contributed by atoms with Gasteiger partial charge in [-0.2, -0.15) is 0 Å². The summed E-state index contributed by atoms with van der Waals surface area (Å²) in [6.07, 6.45) is 5.10. The Bertz CT molecular complexity index is 88.6. The normalized spacial score (nSPS) is 16.4. The summed E-state index contributed by atoms with van der Waals surface area (Å²) in [5, 5.41) is 0. The first-order valence-electron chi connectivity index (χ1n) is 3.45. The predicted octanol–water partition coefficient (Wildman–Crippen LogP) is 2.02. The Kier molecular flexibility index (Phi) is 2.07. The summed E-state index contributed by atoms with van der Waals surface area (Å²) in [4.78, 5) is 4.34. The highest BCUT2D eigenvalue weighted by Gasteiger charge is 2.11. The zero-order chi connectivity index (χ0) is 5.82. The molecule has 0 heterocycles. The second kappa shape index (κ2) is 2.85. The molecule has 8 heavy (non-hydrogen) atoms. The molecule has 1 aliphatic carbocycles. The molecule has 0 spiro atoms. The molecular formula is C7H13N. The van der Waals surface area contributed by atoms with Gasteiger partial charge in [0.1, 0.15) is 0 Å². The first kappa shape index (κ1) is 5.80. The summed E-state index contributed by atoms with van der Waals surface area (Å²) >= 11 is 0. The van der Waals surface area contributed by atoms with Crippen LogP contribution in [0, 0.1) is 0 Å². The molecule has 0 aliphatic heterocycles. The summed E-state index contributed by atoms with van der Waals surface area (Å²) in [7, 11) is 0.